The third-order valence-electron chi connectivity index (χ3n) is 6.90. The molecule has 0 spiro atoms. The van der Waals surface area contributed by atoms with Crippen molar-refractivity contribution in [1.29, 1.82) is 0 Å². The summed E-state index contributed by atoms with van der Waals surface area (Å²) in [4.78, 5) is 9.59. The number of nitrogens with zero attached hydrogens (tertiary/aromatic N) is 2. The number of aromatic nitrogens is 2. The second-order valence-corrected chi connectivity index (χ2v) is 9.06. The molecule has 2 heteroatoms. The molecule has 0 unspecified atom stereocenters. The molecule has 0 aliphatic rings. The first-order chi connectivity index (χ1) is 17.8. The number of hydrogen-bond acceptors (Lipinski definition) is 2. The van der Waals surface area contributed by atoms with E-state index in [0.29, 0.717) is 0 Å². The van der Waals surface area contributed by atoms with Crippen LogP contribution in [0.15, 0.2) is 134 Å². The summed E-state index contributed by atoms with van der Waals surface area (Å²) in [5.41, 5.74) is 8.96. The van der Waals surface area contributed by atoms with Crippen LogP contribution >= 0.6 is 0 Å². The van der Waals surface area contributed by atoms with Crippen LogP contribution in [-0.2, 0) is 0 Å². The van der Waals surface area contributed by atoms with Gasteiger partial charge in [-0.05, 0) is 46.5 Å². The zero-order valence-electron chi connectivity index (χ0n) is 19.6. The van der Waals surface area contributed by atoms with Crippen LogP contribution in [0.4, 0.5) is 0 Å². The van der Waals surface area contributed by atoms with Gasteiger partial charge in [0, 0.05) is 33.3 Å². The monoisotopic (exact) mass is 458 g/mol. The standard InChI is InChI=1S/C34H22N2/c1-2-8-24(9-3-1)28-12-6-13-30-33(28)29-11-4-5-14-32(29)36-34(30)25-17-15-23(16-18-25)26-19-20-31-27(22-26)10-7-21-35-31/h1-22H. The fourth-order valence-corrected chi connectivity index (χ4v) is 5.16. The molecule has 7 rings (SSSR count). The predicted octanol–water partition coefficient (Wildman–Crippen LogP) is 8.94. The molecule has 2 nitrogen and oxygen atoms in total. The van der Waals surface area contributed by atoms with E-state index in [4.69, 9.17) is 4.98 Å². The van der Waals surface area contributed by atoms with Gasteiger partial charge in [0.1, 0.15) is 0 Å². The highest BCUT2D eigenvalue weighted by Crippen LogP contribution is 2.38. The molecule has 0 saturated carbocycles. The maximum Gasteiger partial charge on any atom is 0.0788 e. The van der Waals surface area contributed by atoms with E-state index in [1.165, 1.54) is 38.4 Å². The first kappa shape index (κ1) is 20.5. The topological polar surface area (TPSA) is 25.8 Å². The lowest BCUT2D eigenvalue weighted by Gasteiger charge is -2.14. The van der Waals surface area contributed by atoms with Crippen molar-refractivity contribution in [2.45, 2.75) is 0 Å². The largest absolute Gasteiger partial charge is 0.256 e. The fourth-order valence-electron chi connectivity index (χ4n) is 5.16. The Labute approximate surface area is 209 Å². The number of fused-ring (bicyclic) bond motifs is 4. The third-order valence-corrected chi connectivity index (χ3v) is 6.90. The molecule has 0 fully saturated rings. The first-order valence-electron chi connectivity index (χ1n) is 12.2. The van der Waals surface area contributed by atoms with E-state index >= 15 is 0 Å². The molecule has 0 N–H and O–H groups in total. The molecule has 0 aliphatic heterocycles. The van der Waals surface area contributed by atoms with Crippen LogP contribution in [0.1, 0.15) is 0 Å². The summed E-state index contributed by atoms with van der Waals surface area (Å²) in [5.74, 6) is 0. The molecule has 0 amide bonds. The smallest absolute Gasteiger partial charge is 0.0788 e. The maximum absolute atomic E-state index is 5.14. The zero-order valence-corrected chi connectivity index (χ0v) is 19.6. The van der Waals surface area contributed by atoms with Gasteiger partial charge in [-0.3, -0.25) is 4.98 Å². The lowest BCUT2D eigenvalue weighted by Crippen LogP contribution is -1.92. The molecule has 0 bridgehead atoms. The molecular formula is C34H22N2. The van der Waals surface area contributed by atoms with Crippen LogP contribution < -0.4 is 0 Å². The van der Waals surface area contributed by atoms with Crippen LogP contribution in [-0.4, -0.2) is 9.97 Å². The minimum absolute atomic E-state index is 1.01. The second-order valence-electron chi connectivity index (χ2n) is 9.06. The lowest BCUT2D eigenvalue weighted by atomic mass is 9.92. The van der Waals surface area contributed by atoms with Crippen molar-refractivity contribution in [1.82, 2.24) is 9.97 Å². The van der Waals surface area contributed by atoms with Gasteiger partial charge in [0.25, 0.3) is 0 Å². The summed E-state index contributed by atoms with van der Waals surface area (Å²) in [6.45, 7) is 0. The molecule has 2 aromatic heterocycles. The van der Waals surface area contributed by atoms with E-state index in [2.05, 4.69) is 126 Å². The summed E-state index contributed by atoms with van der Waals surface area (Å²) in [7, 11) is 0. The van der Waals surface area contributed by atoms with Gasteiger partial charge >= 0.3 is 0 Å². The summed E-state index contributed by atoms with van der Waals surface area (Å²) in [6, 6.07) is 44.9. The Hall–Kier alpha value is -4.82. The zero-order chi connectivity index (χ0) is 23.9. The van der Waals surface area contributed by atoms with E-state index < -0.39 is 0 Å². The van der Waals surface area contributed by atoms with Crippen LogP contribution in [0.5, 0.6) is 0 Å². The Kier molecular flexibility index (Phi) is 4.82. The Morgan fingerprint density at radius 1 is 0.444 bits per heavy atom. The Balaban J connectivity index is 1.41. The second kappa shape index (κ2) is 8.44. The van der Waals surface area contributed by atoms with E-state index in [-0.39, 0.29) is 0 Å². The van der Waals surface area contributed by atoms with E-state index in [0.717, 1.165) is 27.7 Å². The van der Waals surface area contributed by atoms with Gasteiger partial charge in [-0.2, -0.15) is 0 Å². The quantitative estimate of drug-likeness (QED) is 0.247. The Bertz CT molecular complexity index is 1870. The fraction of sp³-hybridized carbons (Fsp3) is 0. The average Bonchev–Trinajstić information content (AvgIpc) is 2.97. The van der Waals surface area contributed by atoms with E-state index in [1.54, 1.807) is 0 Å². The summed E-state index contributed by atoms with van der Waals surface area (Å²) in [5, 5.41) is 4.74. The molecule has 5 aromatic carbocycles. The minimum Gasteiger partial charge on any atom is -0.256 e. The molecule has 36 heavy (non-hydrogen) atoms. The highest BCUT2D eigenvalue weighted by molar-refractivity contribution is 6.17. The number of rotatable bonds is 3. The molecule has 2 heterocycles. The van der Waals surface area contributed by atoms with Crippen molar-refractivity contribution in [2.75, 3.05) is 0 Å². The summed E-state index contributed by atoms with van der Waals surface area (Å²) >= 11 is 0. The summed E-state index contributed by atoms with van der Waals surface area (Å²) < 4.78 is 0. The maximum atomic E-state index is 5.14. The predicted molar refractivity (Wildman–Crippen MR) is 151 cm³/mol. The van der Waals surface area contributed by atoms with Crippen molar-refractivity contribution in [2.24, 2.45) is 0 Å². The normalized spacial score (nSPS) is 11.3. The van der Waals surface area contributed by atoms with E-state index in [1.807, 2.05) is 12.3 Å². The van der Waals surface area contributed by atoms with Crippen molar-refractivity contribution < 1.29 is 0 Å². The van der Waals surface area contributed by atoms with Crippen molar-refractivity contribution >= 4 is 32.6 Å². The molecule has 7 aromatic rings. The minimum atomic E-state index is 1.01. The molecule has 0 saturated heterocycles. The van der Waals surface area contributed by atoms with Crippen LogP contribution in [0.3, 0.4) is 0 Å². The molecular weight excluding hydrogens is 436 g/mol. The lowest BCUT2D eigenvalue weighted by molar-refractivity contribution is 1.41. The first-order valence-corrected chi connectivity index (χ1v) is 12.2. The highest BCUT2D eigenvalue weighted by Gasteiger charge is 2.14. The SMILES string of the molecule is c1ccc(-c2cccc3c(-c4ccc(-c5ccc6ncccc6c5)cc4)nc4ccccc4c23)cc1. The van der Waals surface area contributed by atoms with Gasteiger partial charge in [0.2, 0.25) is 0 Å². The van der Waals surface area contributed by atoms with Crippen LogP contribution in [0.25, 0.3) is 66.1 Å². The Morgan fingerprint density at radius 2 is 1.19 bits per heavy atom. The number of hydrogen-bond donors (Lipinski definition) is 0. The Morgan fingerprint density at radius 3 is 2.08 bits per heavy atom. The molecule has 0 radical (unpaired) electrons. The average molecular weight is 459 g/mol. The van der Waals surface area contributed by atoms with Gasteiger partial charge in [0.05, 0.1) is 16.7 Å². The van der Waals surface area contributed by atoms with Gasteiger partial charge in [-0.25, -0.2) is 4.98 Å². The molecule has 0 atom stereocenters. The van der Waals surface area contributed by atoms with Gasteiger partial charge in [-0.15, -0.1) is 0 Å². The van der Waals surface area contributed by atoms with Crippen molar-refractivity contribution in [3.05, 3.63) is 134 Å². The van der Waals surface area contributed by atoms with Gasteiger partial charge < -0.3 is 0 Å². The van der Waals surface area contributed by atoms with Gasteiger partial charge in [-0.1, -0.05) is 103 Å². The summed E-state index contributed by atoms with van der Waals surface area (Å²) in [6.07, 6.45) is 1.83. The highest BCUT2D eigenvalue weighted by atomic mass is 14.7. The van der Waals surface area contributed by atoms with E-state index in [9.17, 15) is 0 Å². The number of benzene rings is 5. The number of para-hydroxylation sites is 1. The third kappa shape index (κ3) is 3.43. The molecule has 0 aliphatic carbocycles. The van der Waals surface area contributed by atoms with Gasteiger partial charge in [0.15, 0.2) is 0 Å². The van der Waals surface area contributed by atoms with Crippen molar-refractivity contribution in [3.8, 4) is 33.5 Å². The van der Waals surface area contributed by atoms with Crippen LogP contribution in [0.2, 0.25) is 0 Å². The van der Waals surface area contributed by atoms with Crippen molar-refractivity contribution in [3.63, 3.8) is 0 Å². The van der Waals surface area contributed by atoms with Crippen LogP contribution in [0, 0.1) is 0 Å². The number of pyridine rings is 2. The molecule has 168 valence electrons.